The highest BCUT2D eigenvalue weighted by Crippen LogP contribution is 2.34. The monoisotopic (exact) mass is 2000 g/mol. The number of carbonyl (C=O) groups is 13. The van der Waals surface area contributed by atoms with E-state index in [1.165, 1.54) is 29.2 Å². The molecule has 5 amide bonds. The number of Topliss-reactive ketones (excluding diaryl/α,β-unsaturated/α-hetero) is 4. The molecular weight excluding hydrogens is 1860 g/mol. The number of nitrogens with one attached hydrogen (secondary N) is 1. The van der Waals surface area contributed by atoms with E-state index in [4.69, 9.17) is 48.6 Å². The summed E-state index contributed by atoms with van der Waals surface area (Å²) < 4.78 is 71.3. The molecule has 1 aromatic heterocycles. The molecule has 0 radical (unpaired) electrons. The Kier molecular flexibility index (Phi) is 57.4. The van der Waals surface area contributed by atoms with Crippen molar-refractivity contribution in [3.63, 3.8) is 0 Å². The van der Waals surface area contributed by atoms with Crippen LogP contribution in [0.25, 0.3) is 0 Å². The zero-order valence-corrected chi connectivity index (χ0v) is 79.8. The van der Waals surface area contributed by atoms with E-state index < -0.39 is 81.7 Å². The van der Waals surface area contributed by atoms with E-state index >= 15 is 0 Å². The smallest absolute Gasteiger partial charge is 0.410 e. The number of hydrogen-bond donors (Lipinski definition) is 2. The van der Waals surface area contributed by atoms with Gasteiger partial charge in [-0.3, -0.25) is 33.6 Å². The molecule has 39 heteroatoms. The van der Waals surface area contributed by atoms with E-state index in [-0.39, 0.29) is 133 Å². The van der Waals surface area contributed by atoms with Crippen LogP contribution in [0.4, 0.5) is 32.8 Å². The summed E-state index contributed by atoms with van der Waals surface area (Å²) in [5, 5.41) is 17.8. The van der Waals surface area contributed by atoms with Gasteiger partial charge in [0.05, 0.1) is 57.8 Å². The molecule has 3 saturated heterocycles. The first-order valence-corrected chi connectivity index (χ1v) is 43.5. The number of benzene rings is 2. The van der Waals surface area contributed by atoms with Gasteiger partial charge < -0.3 is 67.5 Å². The number of halogens is 5. The van der Waals surface area contributed by atoms with Crippen LogP contribution < -0.4 is 0 Å². The molecule has 3 fully saturated rings. The minimum atomic E-state index is -1.18. The number of fused-ring (bicyclic) bond motifs is 1. The van der Waals surface area contributed by atoms with Crippen molar-refractivity contribution in [2.45, 2.75) is 261 Å². The lowest BCUT2D eigenvalue weighted by Gasteiger charge is -2.35. The Bertz CT molecular complexity index is 4140. The van der Waals surface area contributed by atoms with E-state index in [9.17, 15) is 66.3 Å². The minimum Gasteiger partial charge on any atom is -0.481 e. The fraction of sp³-hybridized carbons (Fsp3) is 0.648. The molecule has 0 spiro atoms. The number of likely N-dealkylation sites (tertiary alicyclic amines) is 3. The van der Waals surface area contributed by atoms with Crippen LogP contribution in [-0.2, 0) is 89.9 Å². The molecule has 127 heavy (non-hydrogen) atoms. The highest BCUT2D eigenvalue weighted by molar-refractivity contribution is 14.1. The van der Waals surface area contributed by atoms with Crippen molar-refractivity contribution in [3.8, 4) is 0 Å². The third-order valence-electron chi connectivity index (χ3n) is 17.0. The molecule has 0 bridgehead atoms. The minimum absolute atomic E-state index is 0. The molecule has 2 N–H and O–H groups in total. The summed E-state index contributed by atoms with van der Waals surface area (Å²) in [6.07, 6.45) is -0.665. The number of ketones is 4. The van der Waals surface area contributed by atoms with Crippen molar-refractivity contribution in [1.82, 2.24) is 34.3 Å². The van der Waals surface area contributed by atoms with Gasteiger partial charge >= 0.3 is 48.4 Å². The van der Waals surface area contributed by atoms with Crippen molar-refractivity contribution < 1.29 is 114 Å². The maximum Gasteiger partial charge on any atom is 0.410 e. The summed E-state index contributed by atoms with van der Waals surface area (Å²) in [6, 6.07) is 12.6. The second-order valence-electron chi connectivity index (χ2n) is 33.5. The van der Waals surface area contributed by atoms with Crippen LogP contribution in [0.1, 0.15) is 247 Å². The van der Waals surface area contributed by atoms with Gasteiger partial charge in [-0.2, -0.15) is 10.6 Å². The number of piperidine rings is 3. The van der Waals surface area contributed by atoms with Crippen molar-refractivity contribution in [2.75, 3.05) is 90.2 Å². The molecule has 0 saturated carbocycles. The number of nitrogens with zero attached hydrogens (tertiary/aromatic N) is 11. The Labute approximate surface area is 776 Å². The third-order valence-corrected chi connectivity index (χ3v) is 17.7. The molecule has 34 nitrogen and oxygen atoms in total. The number of rotatable bonds is 11. The second kappa shape index (κ2) is 58.9. The molecule has 2 aromatic carbocycles. The largest absolute Gasteiger partial charge is 0.481 e. The van der Waals surface area contributed by atoms with Gasteiger partial charge in [-0.05, 0) is 187 Å². The van der Waals surface area contributed by atoms with Crippen LogP contribution in [-0.4, -0.2) is 241 Å². The first-order chi connectivity index (χ1) is 57.0. The van der Waals surface area contributed by atoms with Crippen molar-refractivity contribution >= 4 is 133 Å². The molecule has 6 aliphatic rings. The number of alkyl halides is 2. The van der Waals surface area contributed by atoms with Crippen LogP contribution in [0, 0.1) is 40.8 Å². The second-order valence-corrected chi connectivity index (χ2v) is 34.3. The predicted molar refractivity (Wildman–Crippen MR) is 492 cm³/mol. The maximum absolute atomic E-state index is 13.3. The molecule has 720 valence electrons. The number of aliphatic carboxylic acids is 1. The topological polar surface area (TPSA) is 423 Å². The Morgan fingerprint density at radius 2 is 0.929 bits per heavy atom. The molecule has 0 aliphatic carbocycles. The quantitative estimate of drug-likeness (QED) is 0.0263. The molecule has 3 aromatic rings. The molecule has 6 aliphatic heterocycles. The normalized spacial score (nSPS) is 17.4. The summed E-state index contributed by atoms with van der Waals surface area (Å²) in [4.78, 5) is 166. The number of esters is 3. The number of amides is 5. The van der Waals surface area contributed by atoms with Gasteiger partial charge in [0.2, 0.25) is 0 Å². The van der Waals surface area contributed by atoms with E-state index in [0.29, 0.717) is 96.0 Å². The predicted octanol–water partition coefficient (Wildman–Crippen LogP) is 18.8. The van der Waals surface area contributed by atoms with E-state index in [1.54, 1.807) is 97.0 Å². The average molecular weight is 2000 g/mol. The zero-order valence-electron chi connectivity index (χ0n) is 75.3. The first kappa shape index (κ1) is 124. The van der Waals surface area contributed by atoms with Gasteiger partial charge in [-0.25, -0.2) is 47.1 Å². The van der Waals surface area contributed by atoms with Gasteiger partial charge in [-0.1, -0.05) is 125 Å². The highest BCUT2D eigenvalue weighted by Gasteiger charge is 2.44. The van der Waals surface area contributed by atoms with E-state index in [2.05, 4.69) is 80.2 Å². The Morgan fingerprint density at radius 3 is 1.34 bits per heavy atom. The van der Waals surface area contributed by atoms with Crippen molar-refractivity contribution in [3.05, 3.63) is 99.4 Å². The molecule has 5 unspecified atom stereocenters. The Balaban J connectivity index is -0.000000712. The first-order valence-electron chi connectivity index (χ1n) is 39.9. The van der Waals surface area contributed by atoms with Gasteiger partial charge in [0.25, 0.3) is 11.8 Å². The van der Waals surface area contributed by atoms with Crippen LogP contribution in [0.15, 0.2) is 79.7 Å². The lowest BCUT2D eigenvalue weighted by Crippen LogP contribution is -2.53. The Hall–Kier alpha value is -9.47. The Morgan fingerprint density at radius 1 is 0.543 bits per heavy atom. The summed E-state index contributed by atoms with van der Waals surface area (Å²) in [5.41, 5.74) is 9.13. The van der Waals surface area contributed by atoms with Crippen molar-refractivity contribution in [1.29, 1.82) is 5.53 Å². The number of aromatic nitrogens is 2. The average Bonchev–Trinajstić information content (AvgIpc) is 1.62. The van der Waals surface area contributed by atoms with Crippen molar-refractivity contribution in [2.24, 2.45) is 43.7 Å². The lowest BCUT2D eigenvalue weighted by molar-refractivity contribution is -0.158. The van der Waals surface area contributed by atoms with E-state index in [1.807, 2.05) is 109 Å². The molecule has 9 rings (SSSR count). The number of hydrogen-bond acceptors (Lipinski definition) is 25. The van der Waals surface area contributed by atoms with Gasteiger partial charge in [0, 0.05) is 118 Å². The van der Waals surface area contributed by atoms with Gasteiger partial charge in [-0.15, -0.1) is 0 Å². The fourth-order valence-electron chi connectivity index (χ4n) is 11.8. The fourth-order valence-corrected chi connectivity index (χ4v) is 12.2. The number of carboxylic acid groups (broad SMARTS) is 1. The third kappa shape index (κ3) is 46.9. The number of ether oxygens (including phenoxy) is 8. The number of carbonyl (C=O) groups excluding carboxylic acids is 12. The lowest BCUT2D eigenvalue weighted by atomic mass is 9.86. The van der Waals surface area contributed by atoms with Gasteiger partial charge in [0.1, 0.15) is 68.6 Å². The SMILES string of the molecule is C.C.C.C.CC(=O)O.CC(C)(C)OC(=O)N1CCC(=O)CC1.CC1CN(C(=O)OC(C)(C)C)CCC1=O.CCOC(=O)C(=O)C1CN(C(=O)OC(C)(C)C)CC(C)C1=O.CCOC(=O)C1=NCC2=C1CN(C(=O)OC(C)(C)C)CC2C.CCOC(=O)c1nn(Cc2ccc(F)cc2)c2c1CN(C(=O)OC(C)(C)C)CC2C.CI.Fc1ccc(CBr)cc1.N=NN=NCl. The van der Waals surface area contributed by atoms with Crippen LogP contribution >= 0.6 is 50.3 Å². The molecular formula is C88H141BrClF2IN12O22. The number of carboxylic acids is 1. The summed E-state index contributed by atoms with van der Waals surface area (Å²) in [7, 11) is 0. The summed E-state index contributed by atoms with van der Waals surface area (Å²) in [5.74, 6) is -5.80. The zero-order chi connectivity index (χ0) is 94.4. The van der Waals surface area contributed by atoms with Gasteiger partial charge in [0.15, 0.2) is 5.69 Å². The van der Waals surface area contributed by atoms with Crippen LogP contribution in [0.3, 0.4) is 0 Å². The molecule has 5 atom stereocenters. The van der Waals surface area contributed by atoms with Crippen LogP contribution in [0.5, 0.6) is 0 Å². The highest BCUT2D eigenvalue weighted by atomic mass is 127. The number of aliphatic imine (C=N–C) groups is 1. The van der Waals surface area contributed by atoms with Crippen LogP contribution in [0.2, 0.25) is 0 Å². The van der Waals surface area contributed by atoms with E-state index in [0.717, 1.165) is 40.2 Å². The summed E-state index contributed by atoms with van der Waals surface area (Å²) >= 11 is 9.96. The molecule has 7 heterocycles. The standard InChI is InChI=1S/C22H28FN3O4.C16H24N2O4.C15H23NO6.C11H19NO3.C10H17NO3.C7H6BrF.C2H4O2.CH3I.4CH4.ClHN4/c1-6-29-20(27)18-17-13-25(21(28)30-22(3,4)5)11-14(2)19(17)26(24-18)12-15-7-9-16(23)10-8-15;1-6-21-14(19)13-12-9-18(15(20)22-16(3,4)5)8-10(2)11(12)7-17-13;1-6-21-13(19)12(18)10-8-16(7-9(2)11(10)17)14(20)22-15(3,4)5;1-8-7-12(6-5-9(8)13)10(14)15-11(2,3)4;1-10(2,3)14-9(13)11-6-4-8(12)5-7-11;8-5-6-1-3-7(9)4-2-6;1-2(3)4;1-2;;;;;1-3-5-4-2/h7-10,14H,6,11-13H2,1-5H3;10H,6-9H2,1-5H3;9-10H,6-8H2,1-5H3;8H,5-7H2,1-4H3;4-7H2,1-3H3;1-4H,5H2;1H3,(H,3,4);1H3;4*1H4;2H. The maximum atomic E-state index is 13.3. The summed E-state index contributed by atoms with van der Waals surface area (Å²) in [6.45, 7) is 45.8.